The predicted octanol–water partition coefficient (Wildman–Crippen LogP) is 0.728. The van der Waals surface area contributed by atoms with Crippen LogP contribution in [0.25, 0.3) is 0 Å². The first-order valence-corrected chi connectivity index (χ1v) is 2.27. The molecule has 1 nitrogen and oxygen atoms in total. The van der Waals surface area contributed by atoms with Crippen LogP contribution >= 0.6 is 0 Å². The van der Waals surface area contributed by atoms with Crippen molar-refractivity contribution in [3.8, 4) is 0 Å². The Kier molecular flexibility index (Phi) is 1.20. The van der Waals surface area contributed by atoms with Crippen molar-refractivity contribution in [2.45, 2.75) is 6.92 Å². The summed E-state index contributed by atoms with van der Waals surface area (Å²) in [5.74, 6) is 3.88. The number of aromatic nitrogens is 1. The molecule has 0 spiro atoms. The summed E-state index contributed by atoms with van der Waals surface area (Å²) in [5.41, 5.74) is 1.07. The topological polar surface area (TPSA) is 12.9 Å². The van der Waals surface area contributed by atoms with Crippen LogP contribution in [0.15, 0.2) is 18.1 Å². The third-order valence-electron chi connectivity index (χ3n) is 0.813. The van der Waals surface area contributed by atoms with Crippen LogP contribution in [0.1, 0.15) is 5.69 Å². The third kappa shape index (κ3) is 1.11. The second kappa shape index (κ2) is 1.87. The van der Waals surface area contributed by atoms with E-state index in [1.807, 2.05) is 25.8 Å². The van der Waals surface area contributed by atoms with Gasteiger partial charge in [-0.15, -0.1) is 0 Å². The Labute approximate surface area is 43.6 Å². The van der Waals surface area contributed by atoms with E-state index in [-0.39, 0.29) is 0 Å². The molecule has 0 aliphatic heterocycles. The van der Waals surface area contributed by atoms with Gasteiger partial charge in [-0.25, -0.2) is 0 Å². The molecule has 0 unspecified atom stereocenters. The van der Waals surface area contributed by atoms with Crippen molar-refractivity contribution in [2.75, 3.05) is 0 Å². The average Bonchev–Trinajstić information content (AvgIpc) is 1.69. The van der Waals surface area contributed by atoms with E-state index < -0.39 is 0 Å². The van der Waals surface area contributed by atoms with Crippen LogP contribution in [-0.4, -0.2) is 11.9 Å². The second-order valence-corrected chi connectivity index (χ2v) is 1.47. The number of nitrogens with zero attached hydrogens (tertiary/aromatic N) is 1. The van der Waals surface area contributed by atoms with E-state index in [1.165, 1.54) is 0 Å². The molecule has 0 radical (unpaired) electrons. The summed E-state index contributed by atoms with van der Waals surface area (Å²) in [6.45, 7) is 3.95. The maximum absolute atomic E-state index is 3.98. The van der Waals surface area contributed by atoms with Gasteiger partial charge >= 0.3 is 42.6 Å². The summed E-state index contributed by atoms with van der Waals surface area (Å²) in [6.07, 6.45) is 1.79. The van der Waals surface area contributed by atoms with Crippen molar-refractivity contribution in [3.05, 3.63) is 23.8 Å². The van der Waals surface area contributed by atoms with Crippen LogP contribution in [-0.2, 0) is 0 Å². The summed E-state index contributed by atoms with van der Waals surface area (Å²) < 4.78 is 0. The quantitative estimate of drug-likeness (QED) is 0.458. The fraction of sp³-hybridized carbons (Fsp3) is 0.200. The van der Waals surface area contributed by atoms with Gasteiger partial charge in [-0.2, -0.15) is 0 Å². The zero-order valence-electron chi connectivity index (χ0n) is 4.26. The minimum absolute atomic E-state index is 1.07. The summed E-state index contributed by atoms with van der Waals surface area (Å²) in [7, 11) is 0. The van der Waals surface area contributed by atoms with E-state index in [2.05, 4.69) is 4.98 Å². The zero-order chi connectivity index (χ0) is 5.11. The summed E-state index contributed by atoms with van der Waals surface area (Å²) in [5, 5.41) is 0. The number of hydrogen-bond acceptors (Lipinski definition) is 1. The normalized spacial score (nSPS) is 8.14. The van der Waals surface area contributed by atoms with Crippen molar-refractivity contribution >= 4 is 6.91 Å². The molecule has 34 valence electrons. The Morgan fingerprint density at radius 1 is 1.71 bits per heavy atom. The summed E-state index contributed by atoms with van der Waals surface area (Å²) in [4.78, 5) is 3.98. The molecule has 0 atom stereocenters. The van der Waals surface area contributed by atoms with Crippen LogP contribution in [0, 0.1) is 6.92 Å². The van der Waals surface area contributed by atoms with Crippen molar-refractivity contribution < 1.29 is 0 Å². The van der Waals surface area contributed by atoms with E-state index in [1.54, 1.807) is 6.20 Å². The molecule has 0 amide bonds. The minimum atomic E-state index is 1.07. The van der Waals surface area contributed by atoms with Crippen LogP contribution in [0.5, 0.6) is 0 Å². The van der Waals surface area contributed by atoms with Gasteiger partial charge in [0.1, 0.15) is 0 Å². The Morgan fingerprint density at radius 2 is 2.57 bits per heavy atom. The predicted molar refractivity (Wildman–Crippen MR) is 30.3 cm³/mol. The first kappa shape index (κ1) is 4.50. The van der Waals surface area contributed by atoms with E-state index in [9.17, 15) is 0 Å². The van der Waals surface area contributed by atoms with Gasteiger partial charge in [-0.3, -0.25) is 0 Å². The molecule has 1 aromatic rings. The van der Waals surface area contributed by atoms with Crippen LogP contribution in [0.4, 0.5) is 0 Å². The number of aryl methyl sites for hydroxylation is 1. The van der Waals surface area contributed by atoms with Crippen molar-refractivity contribution in [1.29, 1.82) is 0 Å². The summed E-state index contributed by atoms with van der Waals surface area (Å²) >= 11 is 0. The van der Waals surface area contributed by atoms with Gasteiger partial charge in [-0.05, 0) is 0 Å². The molecule has 0 fully saturated rings. The summed E-state index contributed by atoms with van der Waals surface area (Å²) in [6, 6.07) is 0. The fourth-order valence-electron chi connectivity index (χ4n) is 0.448. The average molecular weight is 90.9 g/mol. The monoisotopic (exact) mass is 91.1 g/mol. The molecule has 1 aromatic heterocycles. The fourth-order valence-corrected chi connectivity index (χ4v) is 0.448. The van der Waals surface area contributed by atoms with Gasteiger partial charge in [0.05, 0.1) is 0 Å². The molecule has 0 aromatic carbocycles. The number of hydrogen-bond donors (Lipinski definition) is 0. The molecule has 0 bridgehead atoms. The molecule has 0 saturated carbocycles. The Hall–Kier alpha value is -0.655. The van der Waals surface area contributed by atoms with Crippen LogP contribution < -0.4 is 0 Å². The van der Waals surface area contributed by atoms with Gasteiger partial charge in [0.15, 0.2) is 0 Å². The molecule has 1 rings (SSSR count). The van der Waals surface area contributed by atoms with Crippen LogP contribution in [0.2, 0.25) is 0 Å². The molecule has 7 heavy (non-hydrogen) atoms. The third-order valence-corrected chi connectivity index (χ3v) is 0.813. The van der Waals surface area contributed by atoms with E-state index in [0.29, 0.717) is 0 Å². The SMILES string of the molecule is Cc1cbccn1. The first-order valence-electron chi connectivity index (χ1n) is 2.27. The molecule has 0 aliphatic rings. The molecule has 0 aliphatic carbocycles. The van der Waals surface area contributed by atoms with Crippen molar-refractivity contribution in [3.63, 3.8) is 0 Å². The zero-order valence-corrected chi connectivity index (χ0v) is 4.26. The Balaban J connectivity index is 3.02. The molecule has 0 saturated heterocycles. The molecular formula is C5H6BN. The molecule has 0 N–H and O–H groups in total. The van der Waals surface area contributed by atoms with Gasteiger partial charge in [0.2, 0.25) is 0 Å². The molecule has 1 heterocycles. The van der Waals surface area contributed by atoms with Gasteiger partial charge < -0.3 is 0 Å². The van der Waals surface area contributed by atoms with Gasteiger partial charge in [-0.1, -0.05) is 0 Å². The second-order valence-electron chi connectivity index (χ2n) is 1.47. The Morgan fingerprint density at radius 3 is 2.86 bits per heavy atom. The van der Waals surface area contributed by atoms with Gasteiger partial charge in [0, 0.05) is 0 Å². The molecule has 2 heteroatoms. The maximum atomic E-state index is 3.98. The van der Waals surface area contributed by atoms with Crippen molar-refractivity contribution in [2.24, 2.45) is 0 Å². The van der Waals surface area contributed by atoms with E-state index in [0.717, 1.165) is 5.69 Å². The number of rotatable bonds is 0. The first-order chi connectivity index (χ1) is 3.39. The van der Waals surface area contributed by atoms with E-state index >= 15 is 0 Å². The van der Waals surface area contributed by atoms with Crippen LogP contribution in [0.3, 0.4) is 0 Å². The molecular weight excluding hydrogens is 84.9 g/mol. The van der Waals surface area contributed by atoms with E-state index in [4.69, 9.17) is 0 Å². The standard InChI is InChI=1S/C5H6BN/c1-5-4-6-2-3-7-5/h2-4H,1H3. The van der Waals surface area contributed by atoms with Crippen molar-refractivity contribution in [1.82, 2.24) is 4.98 Å². The van der Waals surface area contributed by atoms with Gasteiger partial charge in [0.25, 0.3) is 0 Å². The Bertz CT molecular complexity index is 138.